The summed E-state index contributed by atoms with van der Waals surface area (Å²) >= 11 is 6.05. The molecule has 0 unspecified atom stereocenters. The Morgan fingerprint density at radius 2 is 2.05 bits per heavy atom. The summed E-state index contributed by atoms with van der Waals surface area (Å²) in [6, 6.07) is 8.21. The first-order chi connectivity index (χ1) is 9.13. The topological polar surface area (TPSA) is 62.2 Å². The fraction of sp³-hybridized carbons (Fsp3) is 0.467. The van der Waals surface area contributed by atoms with Gasteiger partial charge >= 0.3 is 0 Å². The average Bonchev–Trinajstić information content (AvgIpc) is 3.16. The minimum Gasteiger partial charge on any atom is -0.328 e. The van der Waals surface area contributed by atoms with Crippen molar-refractivity contribution < 1.29 is 0 Å². The highest BCUT2D eigenvalue weighted by atomic mass is 35.5. The molecule has 1 aromatic rings. The maximum absolute atomic E-state index is 8.31. The van der Waals surface area contributed by atoms with Gasteiger partial charge in [-0.3, -0.25) is 4.99 Å². The minimum absolute atomic E-state index is 0.281. The van der Waals surface area contributed by atoms with Gasteiger partial charge in [-0.2, -0.15) is 0 Å². The molecule has 0 amide bonds. The maximum atomic E-state index is 8.31. The van der Waals surface area contributed by atoms with Crippen LogP contribution in [0.4, 0.5) is 0 Å². The second kappa shape index (κ2) is 5.06. The molecule has 2 aliphatic carbocycles. The SMILES string of the molecule is N=C(C(=NC1CC(N)C1)c1cccc(Cl)c1)C1CC1. The van der Waals surface area contributed by atoms with Gasteiger partial charge < -0.3 is 11.1 Å². The van der Waals surface area contributed by atoms with Crippen LogP contribution in [0.1, 0.15) is 31.2 Å². The zero-order valence-electron chi connectivity index (χ0n) is 10.8. The quantitative estimate of drug-likeness (QED) is 0.815. The third-order valence-corrected chi connectivity index (χ3v) is 4.04. The Kier molecular flexibility index (Phi) is 3.42. The number of hydrogen-bond donors (Lipinski definition) is 2. The molecule has 0 aliphatic heterocycles. The number of nitrogens with one attached hydrogen (secondary N) is 1. The lowest BCUT2D eigenvalue weighted by Gasteiger charge is -2.30. The van der Waals surface area contributed by atoms with Gasteiger partial charge in [0.05, 0.1) is 17.5 Å². The van der Waals surface area contributed by atoms with Gasteiger partial charge in [0.2, 0.25) is 0 Å². The minimum atomic E-state index is 0.281. The monoisotopic (exact) mass is 275 g/mol. The van der Waals surface area contributed by atoms with Gasteiger partial charge in [-0.25, -0.2) is 0 Å². The number of nitrogens with zero attached hydrogens (tertiary/aromatic N) is 1. The predicted molar refractivity (Wildman–Crippen MR) is 79.4 cm³/mol. The summed E-state index contributed by atoms with van der Waals surface area (Å²) in [6.07, 6.45) is 4.09. The van der Waals surface area contributed by atoms with E-state index in [0.717, 1.165) is 37.0 Å². The molecule has 3 nitrogen and oxygen atoms in total. The third-order valence-electron chi connectivity index (χ3n) is 3.80. The van der Waals surface area contributed by atoms with Crippen LogP contribution in [0.3, 0.4) is 0 Å². The van der Waals surface area contributed by atoms with Crippen molar-refractivity contribution in [3.8, 4) is 0 Å². The molecule has 3 N–H and O–H groups in total. The van der Waals surface area contributed by atoms with Crippen molar-refractivity contribution in [1.82, 2.24) is 0 Å². The Morgan fingerprint density at radius 3 is 2.63 bits per heavy atom. The van der Waals surface area contributed by atoms with Gasteiger partial charge in [-0.05, 0) is 37.8 Å². The van der Waals surface area contributed by atoms with E-state index >= 15 is 0 Å². The second-order valence-electron chi connectivity index (χ2n) is 5.56. The highest BCUT2D eigenvalue weighted by molar-refractivity contribution is 6.48. The summed E-state index contributed by atoms with van der Waals surface area (Å²) in [6.45, 7) is 0. The van der Waals surface area contributed by atoms with Crippen LogP contribution >= 0.6 is 11.6 Å². The molecular formula is C15H18ClN3. The molecule has 2 fully saturated rings. The normalized spacial score (nSPS) is 26.9. The van der Waals surface area contributed by atoms with E-state index in [1.54, 1.807) is 0 Å². The molecule has 0 aromatic heterocycles. The van der Waals surface area contributed by atoms with Gasteiger partial charge in [0, 0.05) is 22.5 Å². The van der Waals surface area contributed by atoms with E-state index in [0.29, 0.717) is 16.7 Å². The molecule has 2 aliphatic rings. The number of benzene rings is 1. The molecule has 4 heteroatoms. The first-order valence-electron chi connectivity index (χ1n) is 6.81. The van der Waals surface area contributed by atoms with Crippen molar-refractivity contribution in [1.29, 1.82) is 5.41 Å². The molecule has 2 saturated carbocycles. The zero-order valence-corrected chi connectivity index (χ0v) is 11.5. The van der Waals surface area contributed by atoms with Gasteiger partial charge in [0.25, 0.3) is 0 Å². The highest BCUT2D eigenvalue weighted by Gasteiger charge is 2.32. The summed E-state index contributed by atoms with van der Waals surface area (Å²) < 4.78 is 0. The fourth-order valence-electron chi connectivity index (χ4n) is 2.42. The maximum Gasteiger partial charge on any atom is 0.0861 e. The van der Waals surface area contributed by atoms with Crippen LogP contribution in [0.5, 0.6) is 0 Å². The van der Waals surface area contributed by atoms with E-state index in [2.05, 4.69) is 0 Å². The molecule has 0 spiro atoms. The summed E-state index contributed by atoms with van der Waals surface area (Å²) in [7, 11) is 0. The van der Waals surface area contributed by atoms with Crippen molar-refractivity contribution in [2.24, 2.45) is 16.6 Å². The van der Waals surface area contributed by atoms with Gasteiger partial charge in [-0.15, -0.1) is 0 Å². The highest BCUT2D eigenvalue weighted by Crippen LogP contribution is 2.32. The van der Waals surface area contributed by atoms with E-state index in [9.17, 15) is 0 Å². The number of hydrogen-bond acceptors (Lipinski definition) is 3. The largest absolute Gasteiger partial charge is 0.328 e. The summed E-state index contributed by atoms with van der Waals surface area (Å²) in [5.74, 6) is 0.395. The lowest BCUT2D eigenvalue weighted by atomic mass is 9.87. The number of rotatable bonds is 4. The van der Waals surface area contributed by atoms with Crippen molar-refractivity contribution in [2.45, 2.75) is 37.8 Å². The molecule has 0 bridgehead atoms. The van der Waals surface area contributed by atoms with E-state index in [4.69, 9.17) is 27.7 Å². The van der Waals surface area contributed by atoms with Crippen LogP contribution in [0.15, 0.2) is 29.3 Å². The Hall–Kier alpha value is -1.19. The van der Waals surface area contributed by atoms with Gasteiger partial charge in [0.1, 0.15) is 0 Å². The molecule has 1 aromatic carbocycles. The summed E-state index contributed by atoms with van der Waals surface area (Å²) in [4.78, 5) is 4.76. The van der Waals surface area contributed by atoms with Crippen molar-refractivity contribution in [3.63, 3.8) is 0 Å². The van der Waals surface area contributed by atoms with Crippen LogP contribution in [-0.2, 0) is 0 Å². The van der Waals surface area contributed by atoms with E-state index < -0.39 is 0 Å². The van der Waals surface area contributed by atoms with Crippen molar-refractivity contribution in [2.75, 3.05) is 0 Å². The Balaban J connectivity index is 1.89. The summed E-state index contributed by atoms with van der Waals surface area (Å²) in [5, 5.41) is 9.00. The first-order valence-corrected chi connectivity index (χ1v) is 7.19. The molecule has 19 heavy (non-hydrogen) atoms. The van der Waals surface area contributed by atoms with Crippen LogP contribution in [0, 0.1) is 11.3 Å². The molecular weight excluding hydrogens is 258 g/mol. The van der Waals surface area contributed by atoms with E-state index in [-0.39, 0.29) is 12.1 Å². The van der Waals surface area contributed by atoms with Gasteiger partial charge in [-0.1, -0.05) is 23.7 Å². The molecule has 0 saturated heterocycles. The third kappa shape index (κ3) is 2.88. The zero-order chi connectivity index (χ0) is 13.4. The second-order valence-corrected chi connectivity index (χ2v) is 6.00. The summed E-state index contributed by atoms with van der Waals surface area (Å²) in [5.41, 5.74) is 8.26. The van der Waals surface area contributed by atoms with Crippen molar-refractivity contribution in [3.05, 3.63) is 34.9 Å². The first kappa shape index (κ1) is 12.8. The Labute approximate surface area is 118 Å². The number of halogens is 1. The molecule has 3 rings (SSSR count). The van der Waals surface area contributed by atoms with E-state index in [1.165, 1.54) is 0 Å². The lowest BCUT2D eigenvalue weighted by molar-refractivity contribution is 0.354. The van der Waals surface area contributed by atoms with Crippen molar-refractivity contribution >= 4 is 23.0 Å². The lowest BCUT2D eigenvalue weighted by Crippen LogP contribution is -2.40. The average molecular weight is 276 g/mol. The van der Waals surface area contributed by atoms with Gasteiger partial charge in [0.15, 0.2) is 0 Å². The van der Waals surface area contributed by atoms with Crippen LogP contribution in [0.2, 0.25) is 5.02 Å². The Bertz CT molecular complexity index is 528. The van der Waals surface area contributed by atoms with E-state index in [1.807, 2.05) is 24.3 Å². The molecule has 0 radical (unpaired) electrons. The van der Waals surface area contributed by atoms with Crippen LogP contribution < -0.4 is 5.73 Å². The Morgan fingerprint density at radius 1 is 1.32 bits per heavy atom. The molecule has 100 valence electrons. The smallest absolute Gasteiger partial charge is 0.0861 e. The molecule has 0 atom stereocenters. The van der Waals surface area contributed by atoms with Crippen LogP contribution in [-0.4, -0.2) is 23.5 Å². The predicted octanol–water partition coefficient (Wildman–Crippen LogP) is 3.05. The fourth-order valence-corrected chi connectivity index (χ4v) is 2.61. The molecule has 0 heterocycles. The standard InChI is InChI=1S/C15H18ClN3/c16-11-3-1-2-10(6-11)15(14(18)9-4-5-9)19-13-7-12(17)8-13/h1-3,6,9,12-13,18H,4-5,7-8,17H2. The number of nitrogens with two attached hydrogens (primary N) is 1. The van der Waals surface area contributed by atoms with Crippen LogP contribution in [0.25, 0.3) is 0 Å². The number of aliphatic imine (C=N–C) groups is 1.